The lowest BCUT2D eigenvalue weighted by Crippen LogP contribution is -2.39. The van der Waals surface area contributed by atoms with Crippen molar-refractivity contribution in [3.63, 3.8) is 0 Å². The number of hydrogen-bond donors (Lipinski definition) is 0. The maximum absolute atomic E-state index is 5.76. The quantitative estimate of drug-likeness (QED) is 0.637. The van der Waals surface area contributed by atoms with Crippen LogP contribution in [0.5, 0.6) is 0 Å². The van der Waals surface area contributed by atoms with Crippen molar-refractivity contribution in [2.24, 2.45) is 5.92 Å². The average Bonchev–Trinajstić information content (AvgIpc) is 1.82. The Morgan fingerprint density at radius 3 is 2.58 bits per heavy atom. The average molecular weight is 172 g/mol. The summed E-state index contributed by atoms with van der Waals surface area (Å²) in [6.07, 6.45) is 2.03. The van der Waals surface area contributed by atoms with E-state index in [1.54, 1.807) is 0 Å². The molecule has 0 spiro atoms. The number of hydrogen-bond acceptors (Lipinski definition) is 2. The van der Waals surface area contributed by atoms with Gasteiger partial charge in [0.05, 0.1) is 12.2 Å². The molecule has 0 bridgehead atoms. The fourth-order valence-corrected chi connectivity index (χ4v) is 1.39. The van der Waals surface area contributed by atoms with E-state index in [1.165, 1.54) is 0 Å². The molecule has 1 saturated heterocycles. The fourth-order valence-electron chi connectivity index (χ4n) is 1.39. The van der Waals surface area contributed by atoms with Crippen LogP contribution in [-0.4, -0.2) is 18.5 Å². The van der Waals surface area contributed by atoms with Gasteiger partial charge in [-0.25, -0.2) is 0 Å². The molecule has 0 N–H and O–H groups in total. The summed E-state index contributed by atoms with van der Waals surface area (Å²) in [5, 5.41) is 0. The number of rotatable bonds is 2. The van der Waals surface area contributed by atoms with Gasteiger partial charge in [-0.2, -0.15) is 0 Å². The van der Waals surface area contributed by atoms with Gasteiger partial charge < -0.3 is 9.47 Å². The fraction of sp³-hybridized carbons (Fsp3) is 1.00. The highest BCUT2D eigenvalue weighted by Gasteiger charge is 2.29. The predicted octanol–water partition coefficient (Wildman–Crippen LogP) is 2.57. The van der Waals surface area contributed by atoms with Gasteiger partial charge >= 0.3 is 0 Å². The molecular weight excluding hydrogens is 152 g/mol. The zero-order valence-corrected chi connectivity index (χ0v) is 8.59. The predicted molar refractivity (Wildman–Crippen MR) is 49.0 cm³/mol. The molecule has 0 unspecified atom stereocenters. The molecule has 1 heterocycles. The van der Waals surface area contributed by atoms with Crippen LogP contribution in [0.4, 0.5) is 0 Å². The van der Waals surface area contributed by atoms with Gasteiger partial charge in [0.25, 0.3) is 0 Å². The highest BCUT2D eigenvalue weighted by molar-refractivity contribution is 4.73. The smallest absolute Gasteiger partial charge is 0.158 e. The van der Waals surface area contributed by atoms with Gasteiger partial charge in [-0.15, -0.1) is 0 Å². The van der Waals surface area contributed by atoms with Crippen LogP contribution in [-0.2, 0) is 9.47 Å². The van der Waals surface area contributed by atoms with Crippen molar-refractivity contribution in [3.8, 4) is 0 Å². The third-order valence-corrected chi connectivity index (χ3v) is 2.12. The normalized spacial score (nSPS) is 29.2. The first-order valence-electron chi connectivity index (χ1n) is 4.79. The van der Waals surface area contributed by atoms with Crippen LogP contribution < -0.4 is 0 Å². The maximum atomic E-state index is 5.76. The lowest BCUT2D eigenvalue weighted by Gasteiger charge is -2.36. The molecule has 0 aromatic heterocycles. The molecule has 0 aromatic rings. The van der Waals surface area contributed by atoms with Crippen LogP contribution in [0.3, 0.4) is 0 Å². The SMILES string of the molecule is CC(C)C[C@H]1OCCC(C)(C)O1. The highest BCUT2D eigenvalue weighted by Crippen LogP contribution is 2.25. The monoisotopic (exact) mass is 172 g/mol. The Labute approximate surface area is 75.2 Å². The second kappa shape index (κ2) is 3.75. The van der Waals surface area contributed by atoms with Crippen molar-refractivity contribution in [1.29, 1.82) is 0 Å². The van der Waals surface area contributed by atoms with Gasteiger partial charge in [0.15, 0.2) is 6.29 Å². The Balaban J connectivity index is 2.36. The molecule has 1 aliphatic heterocycles. The molecule has 1 rings (SSSR count). The van der Waals surface area contributed by atoms with Crippen molar-refractivity contribution in [3.05, 3.63) is 0 Å². The standard InChI is InChI=1S/C10H20O2/c1-8(2)7-9-11-6-5-10(3,4)12-9/h8-9H,5-7H2,1-4H3/t9-/m0/s1. The molecule has 1 atom stereocenters. The third kappa shape index (κ3) is 3.11. The molecule has 0 amide bonds. The summed E-state index contributed by atoms with van der Waals surface area (Å²) >= 11 is 0. The van der Waals surface area contributed by atoms with Crippen molar-refractivity contribution in [1.82, 2.24) is 0 Å². The van der Waals surface area contributed by atoms with Crippen molar-refractivity contribution in [2.75, 3.05) is 6.61 Å². The molecule has 0 aromatic carbocycles. The molecule has 0 saturated carbocycles. The van der Waals surface area contributed by atoms with Crippen molar-refractivity contribution in [2.45, 2.75) is 52.4 Å². The van der Waals surface area contributed by atoms with Crippen LogP contribution in [0.25, 0.3) is 0 Å². The second-order valence-corrected chi connectivity index (χ2v) is 4.56. The Kier molecular flexibility index (Phi) is 3.13. The highest BCUT2D eigenvalue weighted by atomic mass is 16.7. The summed E-state index contributed by atoms with van der Waals surface area (Å²) in [4.78, 5) is 0. The van der Waals surface area contributed by atoms with E-state index in [4.69, 9.17) is 9.47 Å². The zero-order chi connectivity index (χ0) is 9.19. The van der Waals surface area contributed by atoms with E-state index in [2.05, 4.69) is 27.7 Å². The largest absolute Gasteiger partial charge is 0.353 e. The summed E-state index contributed by atoms with van der Waals surface area (Å²) in [6.45, 7) is 9.47. The molecule has 1 fully saturated rings. The van der Waals surface area contributed by atoms with Gasteiger partial charge in [-0.3, -0.25) is 0 Å². The summed E-state index contributed by atoms with van der Waals surface area (Å²) in [6, 6.07) is 0. The van der Waals surface area contributed by atoms with E-state index in [0.29, 0.717) is 5.92 Å². The first kappa shape index (κ1) is 10.0. The minimum Gasteiger partial charge on any atom is -0.353 e. The van der Waals surface area contributed by atoms with Crippen LogP contribution in [0.15, 0.2) is 0 Å². The van der Waals surface area contributed by atoms with E-state index in [-0.39, 0.29) is 11.9 Å². The first-order valence-corrected chi connectivity index (χ1v) is 4.79. The third-order valence-electron chi connectivity index (χ3n) is 2.12. The summed E-state index contributed by atoms with van der Waals surface area (Å²) < 4.78 is 11.3. The summed E-state index contributed by atoms with van der Waals surface area (Å²) in [5.41, 5.74) is 0.0117. The van der Waals surface area contributed by atoms with E-state index >= 15 is 0 Å². The topological polar surface area (TPSA) is 18.5 Å². The van der Waals surface area contributed by atoms with E-state index in [1.807, 2.05) is 0 Å². The molecule has 1 aliphatic rings. The molecule has 0 radical (unpaired) electrons. The van der Waals surface area contributed by atoms with Crippen molar-refractivity contribution < 1.29 is 9.47 Å². The minimum atomic E-state index is 0.0117. The Morgan fingerprint density at radius 1 is 1.42 bits per heavy atom. The van der Waals surface area contributed by atoms with E-state index < -0.39 is 0 Å². The lowest BCUT2D eigenvalue weighted by molar-refractivity contribution is -0.249. The van der Waals surface area contributed by atoms with E-state index in [0.717, 1.165) is 19.4 Å². The molecule has 72 valence electrons. The first-order chi connectivity index (χ1) is 5.49. The van der Waals surface area contributed by atoms with Crippen LogP contribution >= 0.6 is 0 Å². The van der Waals surface area contributed by atoms with Gasteiger partial charge in [-0.05, 0) is 26.2 Å². The van der Waals surface area contributed by atoms with Gasteiger partial charge in [0.1, 0.15) is 0 Å². The molecule has 12 heavy (non-hydrogen) atoms. The number of ether oxygens (including phenoxy) is 2. The Hall–Kier alpha value is -0.0800. The molecule has 2 nitrogen and oxygen atoms in total. The van der Waals surface area contributed by atoms with Crippen LogP contribution in [0.2, 0.25) is 0 Å². The molecule has 0 aliphatic carbocycles. The molecule has 2 heteroatoms. The maximum Gasteiger partial charge on any atom is 0.158 e. The zero-order valence-electron chi connectivity index (χ0n) is 8.59. The molecular formula is C10H20O2. The van der Waals surface area contributed by atoms with Gasteiger partial charge in [0.2, 0.25) is 0 Å². The van der Waals surface area contributed by atoms with Crippen LogP contribution in [0, 0.1) is 5.92 Å². The summed E-state index contributed by atoms with van der Waals surface area (Å²) in [7, 11) is 0. The summed E-state index contributed by atoms with van der Waals surface area (Å²) in [5.74, 6) is 0.642. The Bertz CT molecular complexity index is 141. The minimum absolute atomic E-state index is 0.0117. The van der Waals surface area contributed by atoms with Crippen LogP contribution in [0.1, 0.15) is 40.5 Å². The van der Waals surface area contributed by atoms with Crippen molar-refractivity contribution >= 4 is 0 Å². The van der Waals surface area contributed by atoms with Gasteiger partial charge in [0, 0.05) is 6.42 Å². The van der Waals surface area contributed by atoms with E-state index in [9.17, 15) is 0 Å². The van der Waals surface area contributed by atoms with Gasteiger partial charge in [-0.1, -0.05) is 13.8 Å². The second-order valence-electron chi connectivity index (χ2n) is 4.56. The Morgan fingerprint density at radius 2 is 2.08 bits per heavy atom. The lowest BCUT2D eigenvalue weighted by atomic mass is 10.0.